The number of piperidine rings is 1. The second kappa shape index (κ2) is 6.05. The van der Waals surface area contributed by atoms with Gasteiger partial charge in [-0.1, -0.05) is 20.8 Å². The minimum Gasteiger partial charge on any atom is -0.345 e. The van der Waals surface area contributed by atoms with E-state index >= 15 is 0 Å². The number of likely N-dealkylation sites (tertiary alicyclic amines) is 1. The zero-order valence-electron chi connectivity index (χ0n) is 13.0. The average Bonchev–Trinajstić information content (AvgIpc) is 2.27. The molecule has 0 aromatic heterocycles. The van der Waals surface area contributed by atoms with Crippen molar-refractivity contribution < 1.29 is 4.79 Å². The summed E-state index contributed by atoms with van der Waals surface area (Å²) < 4.78 is 0. The maximum absolute atomic E-state index is 12.1. The van der Waals surface area contributed by atoms with Crippen molar-refractivity contribution in [1.29, 1.82) is 0 Å². The van der Waals surface area contributed by atoms with Gasteiger partial charge in [0.05, 0.1) is 0 Å². The molecule has 0 bridgehead atoms. The molecule has 1 fully saturated rings. The van der Waals surface area contributed by atoms with Crippen LogP contribution >= 0.6 is 0 Å². The summed E-state index contributed by atoms with van der Waals surface area (Å²) in [5.74, 6) is 0.935. The molecule has 3 heteroatoms. The van der Waals surface area contributed by atoms with Gasteiger partial charge >= 0.3 is 0 Å². The minimum atomic E-state index is -0.257. The van der Waals surface area contributed by atoms with Gasteiger partial charge in [-0.15, -0.1) is 0 Å². The Morgan fingerprint density at radius 1 is 1.28 bits per heavy atom. The monoisotopic (exact) mass is 254 g/mol. The molecule has 106 valence electrons. The van der Waals surface area contributed by atoms with E-state index in [2.05, 4.69) is 18.7 Å². The Morgan fingerprint density at radius 2 is 1.78 bits per heavy atom. The van der Waals surface area contributed by atoms with E-state index in [1.54, 1.807) is 0 Å². The van der Waals surface area contributed by atoms with Crippen LogP contribution in [0.15, 0.2) is 0 Å². The molecule has 0 saturated carbocycles. The topological polar surface area (TPSA) is 23.6 Å². The normalized spacial score (nSPS) is 19.3. The molecule has 3 nitrogen and oxygen atoms in total. The van der Waals surface area contributed by atoms with Gasteiger partial charge in [0.1, 0.15) is 0 Å². The molecule has 0 atom stereocenters. The molecule has 0 radical (unpaired) electrons. The highest BCUT2D eigenvalue weighted by atomic mass is 16.2. The Morgan fingerprint density at radius 3 is 2.17 bits per heavy atom. The maximum Gasteiger partial charge on any atom is 0.227 e. The first-order chi connectivity index (χ1) is 8.21. The molecule has 1 heterocycles. The van der Waals surface area contributed by atoms with E-state index in [4.69, 9.17) is 0 Å². The lowest BCUT2D eigenvalue weighted by Gasteiger charge is -2.37. The van der Waals surface area contributed by atoms with E-state index in [9.17, 15) is 4.79 Å². The van der Waals surface area contributed by atoms with Gasteiger partial charge in [-0.05, 0) is 45.7 Å². The molecule has 1 aliphatic rings. The third kappa shape index (κ3) is 4.27. The SMILES string of the molecule is CC(C)N1CCC(CN(C)C(=O)C(C)(C)C)CC1. The molecule has 1 aliphatic heterocycles. The van der Waals surface area contributed by atoms with E-state index in [1.807, 2.05) is 32.7 Å². The molecule has 0 aliphatic carbocycles. The zero-order valence-corrected chi connectivity index (χ0v) is 13.0. The number of rotatable bonds is 3. The number of carbonyl (C=O) groups is 1. The van der Waals surface area contributed by atoms with E-state index in [0.29, 0.717) is 12.0 Å². The van der Waals surface area contributed by atoms with Gasteiger partial charge in [0.15, 0.2) is 0 Å². The van der Waals surface area contributed by atoms with Crippen LogP contribution in [0.5, 0.6) is 0 Å². The first-order valence-corrected chi connectivity index (χ1v) is 7.21. The summed E-state index contributed by atoms with van der Waals surface area (Å²) in [6.45, 7) is 13.8. The standard InChI is InChI=1S/C15H30N2O/c1-12(2)17-9-7-13(8-10-17)11-16(6)14(18)15(3,4)5/h12-13H,7-11H2,1-6H3. The fraction of sp³-hybridized carbons (Fsp3) is 0.933. The summed E-state index contributed by atoms with van der Waals surface area (Å²) in [6, 6.07) is 0.653. The van der Waals surface area contributed by atoms with Crippen LogP contribution in [0.3, 0.4) is 0 Å². The molecular weight excluding hydrogens is 224 g/mol. The van der Waals surface area contributed by atoms with Crippen molar-refractivity contribution in [2.75, 3.05) is 26.7 Å². The van der Waals surface area contributed by atoms with E-state index in [0.717, 1.165) is 6.54 Å². The molecule has 18 heavy (non-hydrogen) atoms. The predicted octanol–water partition coefficient (Wildman–Crippen LogP) is 2.61. The predicted molar refractivity (Wildman–Crippen MR) is 76.5 cm³/mol. The second-order valence-corrected chi connectivity index (χ2v) is 7.01. The number of hydrogen-bond donors (Lipinski definition) is 0. The molecule has 0 aromatic rings. The van der Waals surface area contributed by atoms with Gasteiger partial charge in [0.25, 0.3) is 0 Å². The zero-order chi connectivity index (χ0) is 13.9. The number of carbonyl (C=O) groups excluding carboxylic acids is 1. The lowest BCUT2D eigenvalue weighted by atomic mass is 9.92. The quantitative estimate of drug-likeness (QED) is 0.773. The van der Waals surface area contributed by atoms with E-state index < -0.39 is 0 Å². The summed E-state index contributed by atoms with van der Waals surface area (Å²) in [6.07, 6.45) is 2.44. The van der Waals surface area contributed by atoms with Gasteiger partial charge < -0.3 is 9.80 Å². The van der Waals surface area contributed by atoms with E-state index in [-0.39, 0.29) is 11.3 Å². The summed E-state index contributed by atoms with van der Waals surface area (Å²) in [4.78, 5) is 16.6. The molecule has 0 N–H and O–H groups in total. The average molecular weight is 254 g/mol. The Kier molecular flexibility index (Phi) is 5.20. The van der Waals surface area contributed by atoms with Crippen LogP contribution in [0.2, 0.25) is 0 Å². The summed E-state index contributed by atoms with van der Waals surface area (Å²) in [7, 11) is 1.95. The van der Waals surface area contributed by atoms with Gasteiger partial charge in [-0.3, -0.25) is 4.79 Å². The Bertz CT molecular complexity index is 273. The maximum atomic E-state index is 12.1. The van der Waals surface area contributed by atoms with Crippen molar-refractivity contribution in [2.45, 2.75) is 53.5 Å². The lowest BCUT2D eigenvalue weighted by Crippen LogP contribution is -2.44. The highest BCUT2D eigenvalue weighted by molar-refractivity contribution is 5.81. The molecule has 0 spiro atoms. The molecular formula is C15H30N2O. The Hall–Kier alpha value is -0.570. The number of amides is 1. The molecule has 0 aromatic carbocycles. The summed E-state index contributed by atoms with van der Waals surface area (Å²) in [5, 5.41) is 0. The van der Waals surface area contributed by atoms with Crippen molar-refractivity contribution in [3.05, 3.63) is 0 Å². The Labute approximate surface area is 113 Å². The van der Waals surface area contributed by atoms with Crippen molar-refractivity contribution in [2.24, 2.45) is 11.3 Å². The fourth-order valence-corrected chi connectivity index (χ4v) is 2.69. The molecule has 1 rings (SSSR count). The van der Waals surface area contributed by atoms with Crippen LogP contribution in [0, 0.1) is 11.3 Å². The van der Waals surface area contributed by atoms with Crippen LogP contribution in [0.1, 0.15) is 47.5 Å². The van der Waals surface area contributed by atoms with E-state index in [1.165, 1.54) is 25.9 Å². The van der Waals surface area contributed by atoms with Crippen molar-refractivity contribution in [3.8, 4) is 0 Å². The Balaban J connectivity index is 2.39. The van der Waals surface area contributed by atoms with Crippen LogP contribution in [0.4, 0.5) is 0 Å². The number of nitrogens with zero attached hydrogens (tertiary/aromatic N) is 2. The minimum absolute atomic E-state index is 0.257. The first-order valence-electron chi connectivity index (χ1n) is 7.21. The van der Waals surface area contributed by atoms with Gasteiger partial charge in [0, 0.05) is 25.0 Å². The van der Waals surface area contributed by atoms with Crippen LogP contribution in [-0.2, 0) is 4.79 Å². The third-order valence-electron chi connectivity index (χ3n) is 3.90. The molecule has 1 saturated heterocycles. The van der Waals surface area contributed by atoms with Crippen molar-refractivity contribution in [1.82, 2.24) is 9.80 Å². The third-order valence-corrected chi connectivity index (χ3v) is 3.90. The van der Waals surface area contributed by atoms with Crippen molar-refractivity contribution >= 4 is 5.91 Å². The molecule has 0 unspecified atom stereocenters. The first kappa shape index (κ1) is 15.5. The van der Waals surface area contributed by atoms with Gasteiger partial charge in [-0.2, -0.15) is 0 Å². The van der Waals surface area contributed by atoms with Crippen LogP contribution in [0.25, 0.3) is 0 Å². The lowest BCUT2D eigenvalue weighted by molar-refractivity contribution is -0.138. The number of hydrogen-bond acceptors (Lipinski definition) is 2. The largest absolute Gasteiger partial charge is 0.345 e. The van der Waals surface area contributed by atoms with Crippen LogP contribution in [-0.4, -0.2) is 48.4 Å². The summed E-state index contributed by atoms with van der Waals surface area (Å²) >= 11 is 0. The highest BCUT2D eigenvalue weighted by Crippen LogP contribution is 2.22. The molecule has 1 amide bonds. The van der Waals surface area contributed by atoms with Crippen LogP contribution < -0.4 is 0 Å². The fourth-order valence-electron chi connectivity index (χ4n) is 2.69. The van der Waals surface area contributed by atoms with Gasteiger partial charge in [-0.25, -0.2) is 0 Å². The van der Waals surface area contributed by atoms with Crippen molar-refractivity contribution in [3.63, 3.8) is 0 Å². The second-order valence-electron chi connectivity index (χ2n) is 7.01. The van der Waals surface area contributed by atoms with Gasteiger partial charge in [0.2, 0.25) is 5.91 Å². The highest BCUT2D eigenvalue weighted by Gasteiger charge is 2.28. The smallest absolute Gasteiger partial charge is 0.227 e. The summed E-state index contributed by atoms with van der Waals surface area (Å²) in [5.41, 5.74) is -0.257.